The third-order valence-electron chi connectivity index (χ3n) is 4.58. The van der Waals surface area contributed by atoms with Crippen molar-refractivity contribution in [3.8, 4) is 5.75 Å². The van der Waals surface area contributed by atoms with Crippen molar-refractivity contribution < 1.29 is 17.9 Å². The predicted molar refractivity (Wildman–Crippen MR) is 108 cm³/mol. The lowest BCUT2D eigenvalue weighted by atomic mass is 10.0. The molecule has 0 aliphatic heterocycles. The van der Waals surface area contributed by atoms with Crippen molar-refractivity contribution in [1.29, 1.82) is 0 Å². The van der Waals surface area contributed by atoms with Gasteiger partial charge in [-0.2, -0.15) is 0 Å². The summed E-state index contributed by atoms with van der Waals surface area (Å²) in [5, 5.41) is 2.97. The van der Waals surface area contributed by atoms with E-state index in [4.69, 9.17) is 16.3 Å². The molecule has 1 saturated carbocycles. The number of sulfonamides is 1. The van der Waals surface area contributed by atoms with Crippen molar-refractivity contribution in [1.82, 2.24) is 10.0 Å². The number of amides is 1. The van der Waals surface area contributed by atoms with Gasteiger partial charge in [-0.1, -0.05) is 29.3 Å². The maximum Gasteiger partial charge on any atom is 0.251 e. The molecule has 1 fully saturated rings. The van der Waals surface area contributed by atoms with Crippen LogP contribution in [0.15, 0.2) is 41.3 Å². The fourth-order valence-electron chi connectivity index (χ4n) is 2.88. The summed E-state index contributed by atoms with van der Waals surface area (Å²) < 4.78 is 33.0. The molecular weight excluding hydrogens is 400 g/mol. The van der Waals surface area contributed by atoms with Crippen LogP contribution >= 0.6 is 11.6 Å². The van der Waals surface area contributed by atoms with Gasteiger partial charge < -0.3 is 10.1 Å². The molecule has 0 spiro atoms. The molecule has 2 N–H and O–H groups in total. The van der Waals surface area contributed by atoms with Crippen molar-refractivity contribution >= 4 is 27.5 Å². The first-order chi connectivity index (χ1) is 13.2. The zero-order valence-corrected chi connectivity index (χ0v) is 17.5. The minimum Gasteiger partial charge on any atom is -0.496 e. The second-order valence-corrected chi connectivity index (χ2v) is 9.07. The molecule has 1 amide bonds. The molecule has 6 nitrogen and oxygen atoms in total. The second-order valence-electron chi connectivity index (χ2n) is 6.98. The normalized spacial score (nSPS) is 15.1. The Bertz CT molecular complexity index is 1000. The molecule has 2 aromatic carbocycles. The van der Waals surface area contributed by atoms with Gasteiger partial charge in [0.05, 0.1) is 18.2 Å². The molecule has 1 aliphatic carbocycles. The zero-order chi connectivity index (χ0) is 20.5. The highest BCUT2D eigenvalue weighted by atomic mass is 35.5. The largest absolute Gasteiger partial charge is 0.496 e. The van der Waals surface area contributed by atoms with E-state index in [2.05, 4.69) is 10.0 Å². The first-order valence-electron chi connectivity index (χ1n) is 8.98. The molecule has 0 bridgehead atoms. The number of hydrogen-bond donors (Lipinski definition) is 2. The highest BCUT2D eigenvalue weighted by Crippen LogP contribution is 2.28. The Morgan fingerprint density at radius 1 is 1.21 bits per heavy atom. The summed E-state index contributed by atoms with van der Waals surface area (Å²) >= 11 is 6.08. The van der Waals surface area contributed by atoms with E-state index in [0.29, 0.717) is 5.75 Å². The number of hydrogen-bond acceptors (Lipinski definition) is 4. The van der Waals surface area contributed by atoms with Crippen molar-refractivity contribution in [2.75, 3.05) is 7.11 Å². The maximum atomic E-state index is 12.7. The Hall–Kier alpha value is -2.09. The predicted octanol–water partition coefficient (Wildman–Crippen LogP) is 3.59. The minimum absolute atomic E-state index is 0.0487. The smallest absolute Gasteiger partial charge is 0.251 e. The number of carbonyl (C=O) groups is 1. The van der Waals surface area contributed by atoms with Gasteiger partial charge >= 0.3 is 0 Å². The number of carbonyl (C=O) groups excluding carboxylic acids is 1. The number of ether oxygens (including phenoxy) is 1. The van der Waals surface area contributed by atoms with E-state index < -0.39 is 15.9 Å². The summed E-state index contributed by atoms with van der Waals surface area (Å²) in [6.45, 7) is 3.80. The van der Waals surface area contributed by atoms with E-state index in [-0.39, 0.29) is 27.6 Å². The Labute approximate surface area is 170 Å². The summed E-state index contributed by atoms with van der Waals surface area (Å²) in [5.74, 6) is 0.280. The van der Waals surface area contributed by atoms with Gasteiger partial charge in [0.2, 0.25) is 10.0 Å². The van der Waals surface area contributed by atoms with Gasteiger partial charge in [0.15, 0.2) is 0 Å². The molecule has 0 saturated heterocycles. The fourth-order valence-corrected chi connectivity index (χ4v) is 4.72. The van der Waals surface area contributed by atoms with Crippen LogP contribution < -0.4 is 14.8 Å². The molecule has 8 heteroatoms. The van der Waals surface area contributed by atoms with E-state index >= 15 is 0 Å². The summed E-state index contributed by atoms with van der Waals surface area (Å²) in [6, 6.07) is 9.59. The van der Waals surface area contributed by atoms with Gasteiger partial charge in [0.1, 0.15) is 10.6 Å². The lowest BCUT2D eigenvalue weighted by Gasteiger charge is -2.18. The Kier molecular flexibility index (Phi) is 5.98. The van der Waals surface area contributed by atoms with Crippen molar-refractivity contribution in [2.24, 2.45) is 0 Å². The lowest BCUT2D eigenvalue weighted by molar-refractivity contribution is 0.0939. The van der Waals surface area contributed by atoms with Gasteiger partial charge in [-0.05, 0) is 51.0 Å². The maximum absolute atomic E-state index is 12.7. The Balaban J connectivity index is 1.83. The van der Waals surface area contributed by atoms with Crippen LogP contribution in [-0.4, -0.2) is 27.5 Å². The third-order valence-corrected chi connectivity index (χ3v) is 6.58. The quantitative estimate of drug-likeness (QED) is 0.714. The molecule has 0 heterocycles. The number of benzene rings is 2. The molecular formula is C20H23ClN2O4S. The van der Waals surface area contributed by atoms with E-state index in [0.717, 1.165) is 24.0 Å². The van der Waals surface area contributed by atoms with Gasteiger partial charge in [-0.15, -0.1) is 0 Å². The van der Waals surface area contributed by atoms with E-state index in [9.17, 15) is 13.2 Å². The van der Waals surface area contributed by atoms with Crippen LogP contribution in [0.3, 0.4) is 0 Å². The van der Waals surface area contributed by atoms with Crippen LogP contribution in [0.5, 0.6) is 5.75 Å². The van der Waals surface area contributed by atoms with Gasteiger partial charge in [-0.25, -0.2) is 13.1 Å². The van der Waals surface area contributed by atoms with E-state index in [1.165, 1.54) is 18.2 Å². The third kappa shape index (κ3) is 4.66. The number of nitrogens with one attached hydrogen (secondary N) is 2. The highest BCUT2D eigenvalue weighted by molar-refractivity contribution is 7.89. The number of rotatable bonds is 7. The molecule has 0 unspecified atom stereocenters. The second kappa shape index (κ2) is 8.11. The molecule has 0 radical (unpaired) electrons. The summed E-state index contributed by atoms with van der Waals surface area (Å²) in [5.41, 5.74) is 2.11. The molecule has 2 aromatic rings. The van der Waals surface area contributed by atoms with E-state index in [1.54, 1.807) is 7.11 Å². The van der Waals surface area contributed by atoms with Gasteiger partial charge in [0.25, 0.3) is 5.91 Å². The summed E-state index contributed by atoms with van der Waals surface area (Å²) in [6.07, 6.45) is 1.62. The topological polar surface area (TPSA) is 84.5 Å². The van der Waals surface area contributed by atoms with Gasteiger partial charge in [-0.3, -0.25) is 4.79 Å². The standard InChI is InChI=1S/C20H23ClN2O4S/c1-12-4-9-18(27-3)16(10-12)13(2)22-20(24)14-5-8-17(21)19(11-14)28(25,26)23-15-6-7-15/h4-5,8-11,13,15,23H,6-7H2,1-3H3,(H,22,24)/t13-/m1/s1. The number of methoxy groups -OCH3 is 1. The van der Waals surface area contributed by atoms with Crippen molar-refractivity contribution in [3.05, 3.63) is 58.1 Å². The van der Waals surface area contributed by atoms with Crippen LogP contribution in [0.25, 0.3) is 0 Å². The van der Waals surface area contributed by atoms with Crippen molar-refractivity contribution in [3.63, 3.8) is 0 Å². The van der Waals surface area contributed by atoms with Crippen LogP contribution in [0, 0.1) is 6.92 Å². The summed E-state index contributed by atoms with van der Waals surface area (Å²) in [4.78, 5) is 12.6. The van der Waals surface area contributed by atoms with Crippen molar-refractivity contribution in [2.45, 2.75) is 43.7 Å². The zero-order valence-electron chi connectivity index (χ0n) is 16.0. The molecule has 0 aromatic heterocycles. The molecule has 150 valence electrons. The Morgan fingerprint density at radius 2 is 1.93 bits per heavy atom. The van der Waals surface area contributed by atoms with Gasteiger partial charge in [0, 0.05) is 17.2 Å². The molecule has 3 rings (SSSR count). The summed E-state index contributed by atoms with van der Waals surface area (Å²) in [7, 11) is -2.19. The minimum atomic E-state index is -3.76. The molecule has 1 atom stereocenters. The fraction of sp³-hybridized carbons (Fsp3) is 0.350. The lowest BCUT2D eigenvalue weighted by Crippen LogP contribution is -2.28. The van der Waals surface area contributed by atoms with Crippen LogP contribution in [0.2, 0.25) is 5.02 Å². The first kappa shape index (κ1) is 20.6. The van der Waals surface area contributed by atoms with E-state index in [1.807, 2.05) is 32.0 Å². The first-order valence-corrected chi connectivity index (χ1v) is 10.8. The average molecular weight is 423 g/mol. The van der Waals surface area contributed by atoms with Crippen LogP contribution in [0.4, 0.5) is 0 Å². The van der Waals surface area contributed by atoms with Crippen LogP contribution in [-0.2, 0) is 10.0 Å². The highest BCUT2D eigenvalue weighted by Gasteiger charge is 2.29. The monoisotopic (exact) mass is 422 g/mol. The van der Waals surface area contributed by atoms with Crippen LogP contribution in [0.1, 0.15) is 47.3 Å². The number of aryl methyl sites for hydroxylation is 1. The average Bonchev–Trinajstić information content (AvgIpc) is 3.45. The Morgan fingerprint density at radius 3 is 2.57 bits per heavy atom. The molecule has 1 aliphatic rings. The SMILES string of the molecule is COc1ccc(C)cc1[C@@H](C)NC(=O)c1ccc(Cl)c(S(=O)(=O)NC2CC2)c1. The molecule has 28 heavy (non-hydrogen) atoms. The number of halogens is 1.